The Morgan fingerprint density at radius 1 is 0.296 bits per heavy atom. The van der Waals surface area contributed by atoms with E-state index in [1.54, 1.807) is 0 Å². The Kier molecular flexibility index (Phi) is 56.3. The molecule has 71 heavy (non-hydrogen) atoms. The van der Waals surface area contributed by atoms with Crippen molar-refractivity contribution in [2.24, 2.45) is 0 Å². The van der Waals surface area contributed by atoms with Gasteiger partial charge in [0.1, 0.15) is 13.2 Å². The van der Waals surface area contributed by atoms with Gasteiger partial charge >= 0.3 is 17.9 Å². The molecule has 0 spiro atoms. The first-order valence-electron chi connectivity index (χ1n) is 30.1. The van der Waals surface area contributed by atoms with Gasteiger partial charge in [-0.25, -0.2) is 0 Å². The zero-order valence-corrected chi connectivity index (χ0v) is 46.7. The van der Waals surface area contributed by atoms with E-state index >= 15 is 0 Å². The Bertz CT molecular complexity index is 1370. The molecule has 0 saturated heterocycles. The van der Waals surface area contributed by atoms with Crippen LogP contribution < -0.4 is 0 Å². The third-order valence-electron chi connectivity index (χ3n) is 12.9. The van der Waals surface area contributed by atoms with Crippen LogP contribution in [0.25, 0.3) is 0 Å². The van der Waals surface area contributed by atoms with E-state index in [4.69, 9.17) is 14.2 Å². The van der Waals surface area contributed by atoms with Crippen molar-refractivity contribution in [1.29, 1.82) is 0 Å². The Balaban J connectivity index is 4.34. The molecule has 0 aromatic heterocycles. The van der Waals surface area contributed by atoms with Crippen LogP contribution in [0.5, 0.6) is 0 Å². The number of unbranched alkanes of at least 4 members (excludes halogenated alkanes) is 29. The molecule has 0 aliphatic rings. The molecule has 1 unspecified atom stereocenters. The van der Waals surface area contributed by atoms with Crippen LogP contribution in [0.4, 0.5) is 0 Å². The van der Waals surface area contributed by atoms with E-state index in [2.05, 4.69) is 106 Å². The molecule has 0 rings (SSSR count). The highest BCUT2D eigenvalue weighted by Gasteiger charge is 2.19. The van der Waals surface area contributed by atoms with Gasteiger partial charge in [0.2, 0.25) is 0 Å². The fourth-order valence-electron chi connectivity index (χ4n) is 8.38. The molecule has 0 radical (unpaired) electrons. The maximum absolute atomic E-state index is 12.9. The number of rotatable bonds is 54. The highest BCUT2D eigenvalue weighted by Crippen LogP contribution is 2.15. The summed E-state index contributed by atoms with van der Waals surface area (Å²) >= 11 is 0. The van der Waals surface area contributed by atoms with Crippen molar-refractivity contribution in [2.75, 3.05) is 13.2 Å². The van der Waals surface area contributed by atoms with E-state index in [0.29, 0.717) is 19.3 Å². The fraction of sp³-hybridized carbons (Fsp3) is 0.738. The van der Waals surface area contributed by atoms with Crippen molar-refractivity contribution in [2.45, 2.75) is 297 Å². The summed E-state index contributed by atoms with van der Waals surface area (Å²) in [6.07, 6.45) is 77.2. The monoisotopic (exact) mass is 989 g/mol. The highest BCUT2D eigenvalue weighted by molar-refractivity contribution is 5.71. The minimum atomic E-state index is -0.787. The molecule has 408 valence electrons. The van der Waals surface area contributed by atoms with Crippen LogP contribution in [0.1, 0.15) is 290 Å². The van der Waals surface area contributed by atoms with E-state index in [9.17, 15) is 14.4 Å². The van der Waals surface area contributed by atoms with Gasteiger partial charge in [-0.1, -0.05) is 260 Å². The highest BCUT2D eigenvalue weighted by atomic mass is 16.6. The van der Waals surface area contributed by atoms with E-state index in [1.165, 1.54) is 135 Å². The SMILES string of the molecule is CC/C=C\C/C=C\C/C=C\C/C=C\CCCCCCCCC(=O)OC(COC(=O)CCCCCCCCCC/C=C\C/C=C\C/C=C\CCCCCCC)COC(=O)CCCCCCCCCCCCC. The number of ether oxygens (including phenoxy) is 3. The van der Waals surface area contributed by atoms with E-state index in [-0.39, 0.29) is 31.1 Å². The predicted octanol–water partition coefficient (Wildman–Crippen LogP) is 20.3. The van der Waals surface area contributed by atoms with Gasteiger partial charge in [-0.05, 0) is 96.3 Å². The molecular formula is C65H112O6. The summed E-state index contributed by atoms with van der Waals surface area (Å²) in [5.41, 5.74) is 0. The third kappa shape index (κ3) is 57.4. The number of hydrogen-bond donors (Lipinski definition) is 0. The molecule has 0 aromatic rings. The van der Waals surface area contributed by atoms with Crippen LogP contribution in [-0.4, -0.2) is 37.2 Å². The van der Waals surface area contributed by atoms with Crippen LogP contribution in [0.15, 0.2) is 85.1 Å². The number of esters is 3. The maximum Gasteiger partial charge on any atom is 0.306 e. The Hall–Kier alpha value is -3.41. The normalized spacial score (nSPS) is 12.7. The van der Waals surface area contributed by atoms with Gasteiger partial charge in [0, 0.05) is 19.3 Å². The lowest BCUT2D eigenvalue weighted by atomic mass is 10.1. The number of allylic oxidation sites excluding steroid dienone is 14. The second-order valence-electron chi connectivity index (χ2n) is 19.9. The number of hydrogen-bond acceptors (Lipinski definition) is 6. The lowest BCUT2D eigenvalue weighted by Crippen LogP contribution is -2.30. The maximum atomic E-state index is 12.9. The van der Waals surface area contributed by atoms with Crippen molar-refractivity contribution < 1.29 is 28.6 Å². The topological polar surface area (TPSA) is 78.9 Å². The van der Waals surface area contributed by atoms with Gasteiger partial charge in [-0.2, -0.15) is 0 Å². The molecule has 0 bridgehead atoms. The fourth-order valence-corrected chi connectivity index (χ4v) is 8.38. The van der Waals surface area contributed by atoms with E-state index < -0.39 is 6.10 Å². The van der Waals surface area contributed by atoms with Crippen molar-refractivity contribution in [1.82, 2.24) is 0 Å². The summed E-state index contributed by atoms with van der Waals surface area (Å²) < 4.78 is 16.9. The minimum Gasteiger partial charge on any atom is -0.462 e. The predicted molar refractivity (Wildman–Crippen MR) is 307 cm³/mol. The average Bonchev–Trinajstić information content (AvgIpc) is 3.37. The molecule has 0 N–H and O–H groups in total. The molecule has 0 saturated carbocycles. The van der Waals surface area contributed by atoms with Crippen LogP contribution in [-0.2, 0) is 28.6 Å². The zero-order chi connectivity index (χ0) is 51.4. The molecule has 0 fully saturated rings. The first-order valence-corrected chi connectivity index (χ1v) is 30.1. The van der Waals surface area contributed by atoms with Crippen LogP contribution in [0.2, 0.25) is 0 Å². The first-order chi connectivity index (χ1) is 35.0. The van der Waals surface area contributed by atoms with Crippen molar-refractivity contribution in [3.8, 4) is 0 Å². The standard InChI is InChI=1S/C65H112O6/c1-4-7-10-13-16-19-22-24-26-28-30-31-32-33-35-36-38-40-43-46-49-52-55-58-64(67)70-61-62(60-69-63(66)57-54-51-48-45-42-21-18-15-12-9-6-3)71-65(68)59-56-53-50-47-44-41-39-37-34-29-27-25-23-20-17-14-11-8-5-2/h8,11,17,20,22,24-25,27-28,30,32-34,37,62H,4-7,9-10,12-16,18-19,21,23,26,29,31,35-36,38-61H2,1-3H3/b11-8-,20-17-,24-22-,27-25-,30-28-,33-32-,37-34-. The Labute approximate surface area is 439 Å². The van der Waals surface area contributed by atoms with Gasteiger partial charge in [-0.3, -0.25) is 14.4 Å². The van der Waals surface area contributed by atoms with Gasteiger partial charge in [0.05, 0.1) is 0 Å². The van der Waals surface area contributed by atoms with Gasteiger partial charge in [0.15, 0.2) is 6.10 Å². The second-order valence-corrected chi connectivity index (χ2v) is 19.9. The van der Waals surface area contributed by atoms with E-state index in [1.807, 2.05) is 0 Å². The molecule has 1 atom stereocenters. The van der Waals surface area contributed by atoms with Crippen molar-refractivity contribution in [3.05, 3.63) is 85.1 Å². The Morgan fingerprint density at radius 2 is 0.549 bits per heavy atom. The summed E-state index contributed by atoms with van der Waals surface area (Å²) in [6, 6.07) is 0. The smallest absolute Gasteiger partial charge is 0.306 e. The quantitative estimate of drug-likeness (QED) is 0.0261. The molecule has 0 amide bonds. The lowest BCUT2D eigenvalue weighted by Gasteiger charge is -2.18. The van der Waals surface area contributed by atoms with Crippen LogP contribution >= 0.6 is 0 Å². The summed E-state index contributed by atoms with van der Waals surface area (Å²) in [5, 5.41) is 0. The van der Waals surface area contributed by atoms with Crippen molar-refractivity contribution >= 4 is 17.9 Å². The second kappa shape index (κ2) is 59.2. The third-order valence-corrected chi connectivity index (χ3v) is 12.9. The molecular weight excluding hydrogens is 877 g/mol. The van der Waals surface area contributed by atoms with Crippen LogP contribution in [0.3, 0.4) is 0 Å². The average molecular weight is 990 g/mol. The number of carbonyl (C=O) groups excluding carboxylic acids is 3. The molecule has 6 heteroatoms. The van der Waals surface area contributed by atoms with E-state index in [0.717, 1.165) is 116 Å². The largest absolute Gasteiger partial charge is 0.462 e. The first kappa shape index (κ1) is 67.6. The van der Waals surface area contributed by atoms with Gasteiger partial charge in [-0.15, -0.1) is 0 Å². The Morgan fingerprint density at radius 3 is 0.859 bits per heavy atom. The van der Waals surface area contributed by atoms with Crippen molar-refractivity contribution in [3.63, 3.8) is 0 Å². The molecule has 0 heterocycles. The van der Waals surface area contributed by atoms with Crippen LogP contribution in [0, 0.1) is 0 Å². The molecule has 0 aliphatic carbocycles. The summed E-state index contributed by atoms with van der Waals surface area (Å²) in [4.78, 5) is 38.2. The molecule has 0 aliphatic heterocycles. The minimum absolute atomic E-state index is 0.0831. The summed E-state index contributed by atoms with van der Waals surface area (Å²) in [7, 11) is 0. The number of carbonyl (C=O) groups is 3. The molecule has 0 aromatic carbocycles. The van der Waals surface area contributed by atoms with Gasteiger partial charge in [0.25, 0.3) is 0 Å². The molecule has 6 nitrogen and oxygen atoms in total. The summed E-state index contributed by atoms with van der Waals surface area (Å²) in [5.74, 6) is -0.897. The van der Waals surface area contributed by atoms with Gasteiger partial charge < -0.3 is 14.2 Å². The zero-order valence-electron chi connectivity index (χ0n) is 46.7. The summed E-state index contributed by atoms with van der Waals surface area (Å²) in [6.45, 7) is 6.51. The lowest BCUT2D eigenvalue weighted by molar-refractivity contribution is -0.167.